The van der Waals surface area contributed by atoms with E-state index in [-0.39, 0.29) is 11.1 Å². The molecular weight excluding hydrogens is 482 g/mol. The van der Waals surface area contributed by atoms with Crippen LogP contribution in [0.2, 0.25) is 0 Å². The molecule has 1 unspecified atom stereocenters. The first-order chi connectivity index (χ1) is 18.0. The third-order valence-electron chi connectivity index (χ3n) is 6.44. The first-order valence-electron chi connectivity index (χ1n) is 12.0. The van der Waals surface area contributed by atoms with Crippen molar-refractivity contribution in [2.75, 3.05) is 0 Å². The first kappa shape index (κ1) is 24.5. The third kappa shape index (κ3) is 4.68. The summed E-state index contributed by atoms with van der Waals surface area (Å²) in [6.07, 6.45) is 0.376. The largest absolute Gasteiger partial charge is 0.427 e. The molecule has 0 aromatic heterocycles. The van der Waals surface area contributed by atoms with Gasteiger partial charge in [0.05, 0.1) is 5.25 Å². The second-order valence-corrected chi connectivity index (χ2v) is 9.95. The molecule has 2 amide bonds. The van der Waals surface area contributed by atoms with Crippen LogP contribution in [0.4, 0.5) is 4.79 Å². The van der Waals surface area contributed by atoms with E-state index in [4.69, 9.17) is 4.74 Å². The van der Waals surface area contributed by atoms with Crippen LogP contribution in [0.1, 0.15) is 29.2 Å². The first-order valence-corrected chi connectivity index (χ1v) is 12.9. The maximum Gasteiger partial charge on any atom is 0.308 e. The fourth-order valence-corrected chi connectivity index (χ4v) is 5.95. The van der Waals surface area contributed by atoms with Crippen molar-refractivity contribution in [2.45, 2.75) is 24.1 Å². The lowest BCUT2D eigenvalue weighted by Crippen LogP contribution is -2.51. The lowest BCUT2D eigenvalue weighted by molar-refractivity contribution is -0.132. The highest BCUT2D eigenvalue weighted by Crippen LogP contribution is 2.47. The average Bonchev–Trinajstić information content (AvgIpc) is 3.20. The van der Waals surface area contributed by atoms with Gasteiger partial charge in [0.2, 0.25) is 5.91 Å². The molecule has 6 heteroatoms. The van der Waals surface area contributed by atoms with E-state index in [0.29, 0.717) is 12.2 Å². The quantitative estimate of drug-likeness (QED) is 0.169. The molecule has 37 heavy (non-hydrogen) atoms. The molecule has 0 radical (unpaired) electrons. The molecule has 4 aromatic rings. The van der Waals surface area contributed by atoms with Crippen molar-refractivity contribution in [3.8, 4) is 5.75 Å². The summed E-state index contributed by atoms with van der Waals surface area (Å²) in [5.41, 5.74) is 2.25. The summed E-state index contributed by atoms with van der Waals surface area (Å²) < 4.78 is 5.11. The monoisotopic (exact) mass is 507 g/mol. The number of esters is 1. The highest BCUT2D eigenvalue weighted by Gasteiger charge is 2.53. The summed E-state index contributed by atoms with van der Waals surface area (Å²) in [7, 11) is 0. The molecule has 5 rings (SSSR count). The van der Waals surface area contributed by atoms with E-state index in [9.17, 15) is 14.4 Å². The maximum absolute atomic E-state index is 14.1. The van der Waals surface area contributed by atoms with Crippen molar-refractivity contribution in [1.29, 1.82) is 0 Å². The minimum absolute atomic E-state index is 0.240. The zero-order valence-electron chi connectivity index (χ0n) is 20.2. The average molecular weight is 508 g/mol. The van der Waals surface area contributed by atoms with Gasteiger partial charge in [-0.15, -0.1) is 0 Å². The van der Waals surface area contributed by atoms with E-state index in [1.165, 1.54) is 11.8 Å². The smallest absolute Gasteiger partial charge is 0.308 e. The van der Waals surface area contributed by atoms with E-state index in [1.807, 2.05) is 103 Å². The zero-order chi connectivity index (χ0) is 25.8. The summed E-state index contributed by atoms with van der Waals surface area (Å²) in [6.45, 7) is 1.35. The van der Waals surface area contributed by atoms with Crippen LogP contribution in [-0.4, -0.2) is 27.3 Å². The summed E-state index contributed by atoms with van der Waals surface area (Å²) in [5.74, 6) is -0.194. The lowest BCUT2D eigenvalue weighted by atomic mass is 9.75. The summed E-state index contributed by atoms with van der Waals surface area (Å²) in [4.78, 5) is 40.5. The Morgan fingerprint density at radius 3 is 1.65 bits per heavy atom. The van der Waals surface area contributed by atoms with Gasteiger partial charge in [-0.2, -0.15) is 0 Å². The summed E-state index contributed by atoms with van der Waals surface area (Å²) >= 11 is 1.05. The number of carbonyl (C=O) groups excluding carboxylic acids is 3. The predicted molar refractivity (Wildman–Crippen MR) is 144 cm³/mol. The molecule has 0 saturated carbocycles. The van der Waals surface area contributed by atoms with Gasteiger partial charge < -0.3 is 4.74 Å². The Bertz CT molecular complexity index is 1310. The van der Waals surface area contributed by atoms with Crippen LogP contribution in [0, 0.1) is 0 Å². The molecule has 1 fully saturated rings. The topological polar surface area (TPSA) is 63.7 Å². The van der Waals surface area contributed by atoms with Gasteiger partial charge in [0.15, 0.2) is 0 Å². The standard InChI is InChI=1S/C31H25NO4S/c1-22(33)36-27-19-17-23(18-20-27)21-28-29(34)32(30(35)37-28)31(24-11-5-2-6-12-24,25-13-7-3-8-14-25)26-15-9-4-10-16-26/h2-20,28H,21H2,1H3. The molecule has 1 atom stereocenters. The fourth-order valence-electron chi connectivity index (χ4n) is 4.89. The SMILES string of the molecule is CC(=O)Oc1ccc(CC2SC(=O)N(C(c3ccccc3)(c3ccccc3)c3ccccc3)C2=O)cc1. The molecule has 1 heterocycles. The van der Waals surface area contributed by atoms with Gasteiger partial charge in [0.1, 0.15) is 11.3 Å². The number of rotatable bonds is 7. The third-order valence-corrected chi connectivity index (χ3v) is 7.47. The second-order valence-electron chi connectivity index (χ2n) is 8.80. The van der Waals surface area contributed by atoms with Crippen molar-refractivity contribution in [3.05, 3.63) is 138 Å². The minimum atomic E-state index is -1.13. The van der Waals surface area contributed by atoms with Crippen LogP contribution in [-0.2, 0) is 21.5 Å². The van der Waals surface area contributed by atoms with Gasteiger partial charge in [-0.25, -0.2) is 0 Å². The highest BCUT2D eigenvalue weighted by atomic mass is 32.2. The van der Waals surface area contributed by atoms with E-state index in [2.05, 4.69) is 0 Å². The fraction of sp³-hybridized carbons (Fsp3) is 0.129. The summed E-state index contributed by atoms with van der Waals surface area (Å²) in [5, 5.41) is -0.870. The molecule has 5 nitrogen and oxygen atoms in total. The number of hydrogen-bond acceptors (Lipinski definition) is 5. The van der Waals surface area contributed by atoms with Crippen LogP contribution in [0.5, 0.6) is 5.75 Å². The van der Waals surface area contributed by atoms with Gasteiger partial charge in [0.25, 0.3) is 5.24 Å². The Kier molecular flexibility index (Phi) is 6.93. The number of carbonyl (C=O) groups is 3. The summed E-state index contributed by atoms with van der Waals surface area (Å²) in [6, 6.07) is 36.2. The molecule has 4 aromatic carbocycles. The van der Waals surface area contributed by atoms with E-state index in [0.717, 1.165) is 34.0 Å². The van der Waals surface area contributed by atoms with Crippen LogP contribution in [0.25, 0.3) is 0 Å². The van der Waals surface area contributed by atoms with Crippen molar-refractivity contribution in [3.63, 3.8) is 0 Å². The van der Waals surface area contributed by atoms with Crippen LogP contribution >= 0.6 is 11.8 Å². The number of imide groups is 1. The Labute approximate surface area is 220 Å². The van der Waals surface area contributed by atoms with Crippen molar-refractivity contribution >= 4 is 28.9 Å². The molecule has 0 N–H and O–H groups in total. The van der Waals surface area contributed by atoms with Crippen LogP contribution in [0.15, 0.2) is 115 Å². The Morgan fingerprint density at radius 2 is 1.22 bits per heavy atom. The Morgan fingerprint density at radius 1 is 0.757 bits per heavy atom. The minimum Gasteiger partial charge on any atom is -0.427 e. The molecule has 0 bridgehead atoms. The number of hydrogen-bond donors (Lipinski definition) is 0. The zero-order valence-corrected chi connectivity index (χ0v) is 21.1. The molecule has 0 aliphatic carbocycles. The molecule has 184 valence electrons. The van der Waals surface area contributed by atoms with Gasteiger partial charge in [-0.3, -0.25) is 19.3 Å². The molecule has 1 aliphatic heterocycles. The number of thioether (sulfide) groups is 1. The van der Waals surface area contributed by atoms with E-state index < -0.39 is 16.8 Å². The molecular formula is C31H25NO4S. The molecule has 1 saturated heterocycles. The van der Waals surface area contributed by atoms with Gasteiger partial charge >= 0.3 is 5.97 Å². The number of ether oxygens (including phenoxy) is 1. The number of benzene rings is 4. The van der Waals surface area contributed by atoms with Crippen molar-refractivity contribution in [1.82, 2.24) is 4.90 Å². The van der Waals surface area contributed by atoms with E-state index in [1.54, 1.807) is 12.1 Å². The van der Waals surface area contributed by atoms with Gasteiger partial charge in [0, 0.05) is 6.92 Å². The van der Waals surface area contributed by atoms with E-state index >= 15 is 0 Å². The normalized spacial score (nSPS) is 15.6. The van der Waals surface area contributed by atoms with Crippen LogP contribution in [0.3, 0.4) is 0 Å². The Balaban J connectivity index is 1.59. The highest BCUT2D eigenvalue weighted by molar-refractivity contribution is 8.15. The van der Waals surface area contributed by atoms with Crippen molar-refractivity contribution in [2.24, 2.45) is 0 Å². The molecule has 0 spiro atoms. The number of amides is 2. The number of nitrogens with zero attached hydrogens (tertiary/aromatic N) is 1. The van der Waals surface area contributed by atoms with Crippen molar-refractivity contribution < 1.29 is 19.1 Å². The Hall–Kier alpha value is -4.16. The van der Waals surface area contributed by atoms with Crippen LogP contribution < -0.4 is 4.74 Å². The molecule has 1 aliphatic rings. The maximum atomic E-state index is 14.1. The second kappa shape index (κ2) is 10.4. The van der Waals surface area contributed by atoms with Gasteiger partial charge in [-0.05, 0) is 40.8 Å². The van der Waals surface area contributed by atoms with Gasteiger partial charge in [-0.1, -0.05) is 115 Å². The predicted octanol–water partition coefficient (Wildman–Crippen LogP) is 6.21. The lowest BCUT2D eigenvalue weighted by Gasteiger charge is -2.42.